The van der Waals surface area contributed by atoms with Crippen LogP contribution in [0.5, 0.6) is 0 Å². The van der Waals surface area contributed by atoms with Crippen molar-refractivity contribution in [3.05, 3.63) is 46.6 Å². The molecule has 0 saturated heterocycles. The first kappa shape index (κ1) is 24.4. The van der Waals surface area contributed by atoms with Crippen molar-refractivity contribution < 1.29 is 50.7 Å². The standard InChI is InChI=1S/2C8H11.2ClH.Hf/c2*1-6-4-7(2)8(3)5-6;;;/h4,8H,1-3H3;4,6H,1-3H3;2*1H;/q2*-1;;;+4/p-2. The van der Waals surface area contributed by atoms with Crippen molar-refractivity contribution in [1.82, 2.24) is 0 Å². The summed E-state index contributed by atoms with van der Waals surface area (Å²) in [5.74, 6) is 1.12. The van der Waals surface area contributed by atoms with Gasteiger partial charge < -0.3 is 24.8 Å². The van der Waals surface area contributed by atoms with Crippen molar-refractivity contribution in [2.45, 2.75) is 41.5 Å². The summed E-state index contributed by atoms with van der Waals surface area (Å²) < 4.78 is 0. The number of halogens is 2. The number of rotatable bonds is 0. The molecule has 2 atom stereocenters. The molecule has 0 aromatic heterocycles. The van der Waals surface area contributed by atoms with E-state index in [0.29, 0.717) is 11.8 Å². The van der Waals surface area contributed by atoms with E-state index in [1.54, 1.807) is 0 Å². The van der Waals surface area contributed by atoms with Gasteiger partial charge in [-0.05, 0) is 0 Å². The monoisotopic (exact) mass is 464 g/mol. The van der Waals surface area contributed by atoms with E-state index < -0.39 is 0 Å². The molecular formula is C16H22Cl2Hf. The zero-order valence-electron chi connectivity index (χ0n) is 12.6. The van der Waals surface area contributed by atoms with Crippen LogP contribution in [-0.2, 0) is 25.8 Å². The molecule has 0 saturated carbocycles. The van der Waals surface area contributed by atoms with E-state index in [1.807, 2.05) is 0 Å². The quantitative estimate of drug-likeness (QED) is 0.309. The molecule has 104 valence electrons. The molecule has 0 bridgehead atoms. The third-order valence-electron chi connectivity index (χ3n) is 3.11. The molecule has 0 aromatic rings. The molecule has 0 amide bonds. The van der Waals surface area contributed by atoms with Gasteiger partial charge in [0.1, 0.15) is 0 Å². The van der Waals surface area contributed by atoms with Crippen molar-refractivity contribution in [2.24, 2.45) is 11.8 Å². The second kappa shape index (κ2) is 11.1. The largest absolute Gasteiger partial charge is 4.00 e. The van der Waals surface area contributed by atoms with Crippen molar-refractivity contribution in [3.8, 4) is 0 Å². The van der Waals surface area contributed by atoms with Crippen LogP contribution in [0.1, 0.15) is 41.5 Å². The van der Waals surface area contributed by atoms with Gasteiger partial charge in [0.15, 0.2) is 0 Å². The Morgan fingerprint density at radius 3 is 1.58 bits per heavy atom. The van der Waals surface area contributed by atoms with Gasteiger partial charge in [-0.25, -0.2) is 22.8 Å². The maximum atomic E-state index is 3.29. The van der Waals surface area contributed by atoms with Gasteiger partial charge in [-0.2, -0.15) is 11.6 Å². The van der Waals surface area contributed by atoms with Crippen LogP contribution < -0.4 is 24.8 Å². The smallest absolute Gasteiger partial charge is 1.00 e. The van der Waals surface area contributed by atoms with Crippen LogP contribution in [0, 0.1) is 24.0 Å². The van der Waals surface area contributed by atoms with Gasteiger partial charge in [-0.3, -0.25) is 12.2 Å². The molecular weight excluding hydrogens is 442 g/mol. The molecule has 3 heteroatoms. The molecule has 2 aliphatic carbocycles. The molecule has 0 aliphatic heterocycles. The van der Waals surface area contributed by atoms with Gasteiger partial charge in [0.05, 0.1) is 0 Å². The Labute approximate surface area is 150 Å². The first-order valence-corrected chi connectivity index (χ1v) is 5.97. The normalized spacial score (nSPS) is 23.3. The van der Waals surface area contributed by atoms with Crippen LogP contribution in [0.4, 0.5) is 0 Å². The number of allylic oxidation sites excluding steroid dienone is 8. The summed E-state index contributed by atoms with van der Waals surface area (Å²) in [4.78, 5) is 0. The molecule has 0 fully saturated rings. The van der Waals surface area contributed by atoms with E-state index in [4.69, 9.17) is 0 Å². The Hall–Kier alpha value is 0.410. The third kappa shape index (κ3) is 8.32. The summed E-state index contributed by atoms with van der Waals surface area (Å²) in [7, 11) is 0. The summed E-state index contributed by atoms with van der Waals surface area (Å²) in [6, 6.07) is 0. The summed E-state index contributed by atoms with van der Waals surface area (Å²) in [5, 5.41) is 0. The Bertz CT molecular complexity index is 372. The maximum absolute atomic E-state index is 3.29. The third-order valence-corrected chi connectivity index (χ3v) is 3.11. The van der Waals surface area contributed by atoms with E-state index in [-0.39, 0.29) is 50.7 Å². The van der Waals surface area contributed by atoms with Gasteiger partial charge in [-0.15, -0.1) is 6.92 Å². The topological polar surface area (TPSA) is 0 Å². The predicted molar refractivity (Wildman–Crippen MR) is 70.7 cm³/mol. The van der Waals surface area contributed by atoms with E-state index in [9.17, 15) is 0 Å². The molecule has 19 heavy (non-hydrogen) atoms. The second-order valence-electron chi connectivity index (χ2n) is 4.85. The molecule has 0 heterocycles. The van der Waals surface area contributed by atoms with Gasteiger partial charge in [0, 0.05) is 0 Å². The van der Waals surface area contributed by atoms with E-state index >= 15 is 0 Å². The number of hydrogen-bond acceptors (Lipinski definition) is 0. The summed E-state index contributed by atoms with van der Waals surface area (Å²) in [5.41, 5.74) is 5.42. The summed E-state index contributed by atoms with van der Waals surface area (Å²) in [6.45, 7) is 12.8. The average molecular weight is 464 g/mol. The van der Waals surface area contributed by atoms with E-state index in [2.05, 4.69) is 65.8 Å². The minimum atomic E-state index is 0. The van der Waals surface area contributed by atoms with Crippen molar-refractivity contribution >= 4 is 0 Å². The Kier molecular flexibility index (Phi) is 14.3. The van der Waals surface area contributed by atoms with Gasteiger partial charge in [-0.1, -0.05) is 46.5 Å². The molecule has 0 N–H and O–H groups in total. The molecule has 0 aromatic carbocycles. The fourth-order valence-corrected chi connectivity index (χ4v) is 1.96. The van der Waals surface area contributed by atoms with Crippen LogP contribution in [0.3, 0.4) is 0 Å². The van der Waals surface area contributed by atoms with Crippen molar-refractivity contribution in [3.63, 3.8) is 0 Å². The zero-order chi connectivity index (χ0) is 12.3. The van der Waals surface area contributed by atoms with Crippen LogP contribution in [0.2, 0.25) is 0 Å². The fraction of sp³-hybridized carbons (Fsp3) is 0.500. The van der Waals surface area contributed by atoms with Crippen LogP contribution in [0.25, 0.3) is 0 Å². The minimum absolute atomic E-state index is 0. The Balaban J connectivity index is -0.000000233. The summed E-state index contributed by atoms with van der Waals surface area (Å²) in [6.07, 6.45) is 11.0. The number of hydrogen-bond donors (Lipinski definition) is 0. The van der Waals surface area contributed by atoms with Gasteiger partial charge >= 0.3 is 25.8 Å². The van der Waals surface area contributed by atoms with Crippen LogP contribution in [-0.4, -0.2) is 0 Å². The first-order chi connectivity index (χ1) is 7.40. The van der Waals surface area contributed by atoms with Gasteiger partial charge in [0.25, 0.3) is 0 Å². The minimum Gasteiger partial charge on any atom is -1.00 e. The second-order valence-corrected chi connectivity index (χ2v) is 4.85. The van der Waals surface area contributed by atoms with E-state index in [0.717, 1.165) is 0 Å². The molecule has 2 unspecified atom stereocenters. The fourth-order valence-electron chi connectivity index (χ4n) is 1.96. The van der Waals surface area contributed by atoms with Gasteiger partial charge in [0.2, 0.25) is 0 Å². The predicted octanol–water partition coefficient (Wildman–Crippen LogP) is -1.33. The molecule has 2 rings (SSSR count). The summed E-state index contributed by atoms with van der Waals surface area (Å²) >= 11 is 0. The maximum Gasteiger partial charge on any atom is 4.00 e. The van der Waals surface area contributed by atoms with Crippen LogP contribution >= 0.6 is 0 Å². The Morgan fingerprint density at radius 2 is 1.47 bits per heavy atom. The van der Waals surface area contributed by atoms with Crippen molar-refractivity contribution in [1.29, 1.82) is 0 Å². The van der Waals surface area contributed by atoms with E-state index in [1.165, 1.54) is 22.3 Å². The molecule has 2 aliphatic rings. The SMILES string of the molecule is CC1=[C-]C(C)C(C)=C1.CC1=[C-]C(C)C=C1C.[Cl-].[Cl-].[Hf+4]. The molecule has 0 radical (unpaired) electrons. The zero-order valence-corrected chi connectivity index (χ0v) is 17.7. The Morgan fingerprint density at radius 1 is 0.947 bits per heavy atom. The molecule has 0 nitrogen and oxygen atoms in total. The average Bonchev–Trinajstić information content (AvgIpc) is 2.58. The molecule has 0 spiro atoms. The van der Waals surface area contributed by atoms with Crippen LogP contribution in [0.15, 0.2) is 34.4 Å². The van der Waals surface area contributed by atoms with Crippen molar-refractivity contribution in [2.75, 3.05) is 0 Å². The first-order valence-electron chi connectivity index (χ1n) is 5.97.